The molecule has 0 bridgehead atoms. The summed E-state index contributed by atoms with van der Waals surface area (Å²) in [6.45, 7) is -0.124. The standard InChI is InChI=1S/C11H13NO3S/c1-16-8-4-2-7(3-5-8)10-9(6-13)12-11(14)15-10/h2-5,9-10,13H,6H2,1H3,(H,12,14)/t9-,10-/m0/s1. The highest BCUT2D eigenvalue weighted by molar-refractivity contribution is 7.98. The molecule has 1 amide bonds. The van der Waals surface area contributed by atoms with Gasteiger partial charge in [0.15, 0.2) is 6.10 Å². The first-order chi connectivity index (χ1) is 7.74. The molecule has 1 aromatic rings. The fraction of sp³-hybridized carbons (Fsp3) is 0.364. The Balaban J connectivity index is 2.19. The van der Waals surface area contributed by atoms with Crippen LogP contribution in [0.3, 0.4) is 0 Å². The highest BCUT2D eigenvalue weighted by Gasteiger charge is 2.34. The van der Waals surface area contributed by atoms with Gasteiger partial charge in [-0.25, -0.2) is 4.79 Å². The van der Waals surface area contributed by atoms with Gasteiger partial charge in [0.1, 0.15) is 0 Å². The number of alkyl carbamates (subject to hydrolysis) is 1. The van der Waals surface area contributed by atoms with Gasteiger partial charge < -0.3 is 15.2 Å². The molecular weight excluding hydrogens is 226 g/mol. The minimum atomic E-state index is -0.474. The van der Waals surface area contributed by atoms with E-state index in [0.29, 0.717) is 0 Å². The smallest absolute Gasteiger partial charge is 0.408 e. The van der Waals surface area contributed by atoms with Crippen molar-refractivity contribution in [1.29, 1.82) is 0 Å². The maximum Gasteiger partial charge on any atom is 0.408 e. The Morgan fingerprint density at radius 1 is 1.44 bits per heavy atom. The fourth-order valence-electron chi connectivity index (χ4n) is 1.69. The van der Waals surface area contributed by atoms with Gasteiger partial charge in [-0.3, -0.25) is 0 Å². The molecule has 2 N–H and O–H groups in total. The van der Waals surface area contributed by atoms with Gasteiger partial charge in [-0.2, -0.15) is 0 Å². The molecule has 0 spiro atoms. The zero-order valence-corrected chi connectivity index (χ0v) is 9.66. The summed E-state index contributed by atoms with van der Waals surface area (Å²) in [7, 11) is 0. The molecule has 1 aliphatic rings. The number of amides is 1. The topological polar surface area (TPSA) is 58.6 Å². The van der Waals surface area contributed by atoms with E-state index in [1.54, 1.807) is 11.8 Å². The number of benzene rings is 1. The highest BCUT2D eigenvalue weighted by atomic mass is 32.2. The van der Waals surface area contributed by atoms with Gasteiger partial charge in [-0.05, 0) is 24.0 Å². The molecule has 2 rings (SSSR count). The van der Waals surface area contributed by atoms with Crippen molar-refractivity contribution < 1.29 is 14.6 Å². The number of aliphatic hydroxyl groups is 1. The van der Waals surface area contributed by atoms with Crippen LogP contribution in [0.15, 0.2) is 29.2 Å². The van der Waals surface area contributed by atoms with Gasteiger partial charge in [-0.15, -0.1) is 11.8 Å². The summed E-state index contributed by atoms with van der Waals surface area (Å²) < 4.78 is 5.11. The third kappa shape index (κ3) is 2.15. The first-order valence-corrected chi connectivity index (χ1v) is 6.19. The Morgan fingerprint density at radius 2 is 2.12 bits per heavy atom. The third-order valence-corrected chi connectivity index (χ3v) is 3.29. The molecule has 16 heavy (non-hydrogen) atoms. The lowest BCUT2D eigenvalue weighted by molar-refractivity contribution is 0.119. The summed E-state index contributed by atoms with van der Waals surface area (Å²) >= 11 is 1.65. The lowest BCUT2D eigenvalue weighted by Crippen LogP contribution is -2.31. The molecule has 1 heterocycles. The number of thioether (sulfide) groups is 1. The Morgan fingerprint density at radius 3 is 2.69 bits per heavy atom. The summed E-state index contributed by atoms with van der Waals surface area (Å²) in [5.74, 6) is 0. The second-order valence-electron chi connectivity index (χ2n) is 3.53. The van der Waals surface area contributed by atoms with Crippen LogP contribution in [-0.4, -0.2) is 30.1 Å². The fourth-order valence-corrected chi connectivity index (χ4v) is 2.10. The predicted molar refractivity (Wildman–Crippen MR) is 61.5 cm³/mol. The Hall–Kier alpha value is -1.20. The molecule has 2 atom stereocenters. The van der Waals surface area contributed by atoms with Gasteiger partial charge in [0, 0.05) is 4.90 Å². The summed E-state index contributed by atoms with van der Waals surface area (Å²) in [4.78, 5) is 12.2. The van der Waals surface area contributed by atoms with E-state index in [0.717, 1.165) is 10.5 Å². The predicted octanol–water partition coefficient (Wildman–Crippen LogP) is 1.55. The van der Waals surface area contributed by atoms with Gasteiger partial charge in [0.2, 0.25) is 0 Å². The number of ether oxygens (including phenoxy) is 1. The average Bonchev–Trinajstić information content (AvgIpc) is 2.70. The van der Waals surface area contributed by atoms with Crippen molar-refractivity contribution in [3.05, 3.63) is 29.8 Å². The van der Waals surface area contributed by atoms with E-state index in [9.17, 15) is 4.79 Å². The largest absolute Gasteiger partial charge is 0.439 e. The second-order valence-corrected chi connectivity index (χ2v) is 4.41. The van der Waals surface area contributed by atoms with Crippen LogP contribution >= 0.6 is 11.8 Å². The summed E-state index contributed by atoms with van der Waals surface area (Å²) in [6.07, 6.45) is 1.13. The van der Waals surface area contributed by atoms with Crippen molar-refractivity contribution in [3.63, 3.8) is 0 Å². The SMILES string of the molecule is CSc1ccc([C@@H]2OC(=O)N[C@H]2CO)cc1. The molecule has 1 aromatic carbocycles. The Kier molecular flexibility index (Phi) is 3.36. The first kappa shape index (κ1) is 11.3. The van der Waals surface area contributed by atoms with E-state index >= 15 is 0 Å². The second kappa shape index (κ2) is 4.76. The lowest BCUT2D eigenvalue weighted by atomic mass is 10.0. The van der Waals surface area contributed by atoms with Gasteiger partial charge in [-0.1, -0.05) is 12.1 Å². The van der Waals surface area contributed by atoms with E-state index in [1.165, 1.54) is 0 Å². The summed E-state index contributed by atoms with van der Waals surface area (Å²) in [6, 6.07) is 7.42. The van der Waals surface area contributed by atoms with Crippen LogP contribution in [0.25, 0.3) is 0 Å². The molecule has 0 unspecified atom stereocenters. The molecule has 0 aromatic heterocycles. The molecule has 5 heteroatoms. The van der Waals surface area contributed by atoms with Crippen LogP contribution in [0.4, 0.5) is 4.79 Å². The van der Waals surface area contributed by atoms with Crippen LogP contribution in [-0.2, 0) is 4.74 Å². The van der Waals surface area contributed by atoms with Crippen LogP contribution in [0.5, 0.6) is 0 Å². The van der Waals surface area contributed by atoms with Gasteiger partial charge >= 0.3 is 6.09 Å². The van der Waals surface area contributed by atoms with Crippen molar-refractivity contribution >= 4 is 17.9 Å². The van der Waals surface area contributed by atoms with Crippen molar-refractivity contribution in [1.82, 2.24) is 5.32 Å². The van der Waals surface area contributed by atoms with E-state index in [-0.39, 0.29) is 12.6 Å². The number of cyclic esters (lactones) is 1. The molecule has 1 aliphatic heterocycles. The molecule has 4 nitrogen and oxygen atoms in total. The maximum atomic E-state index is 11.1. The molecular formula is C11H13NO3S. The van der Waals surface area contributed by atoms with Crippen LogP contribution < -0.4 is 5.32 Å². The van der Waals surface area contributed by atoms with Crippen molar-refractivity contribution in [3.8, 4) is 0 Å². The highest BCUT2D eigenvalue weighted by Crippen LogP contribution is 2.27. The number of hydrogen-bond donors (Lipinski definition) is 2. The Labute approximate surface area is 98.0 Å². The number of carbonyl (C=O) groups excluding carboxylic acids is 1. The number of rotatable bonds is 3. The molecule has 0 aliphatic carbocycles. The zero-order valence-electron chi connectivity index (χ0n) is 8.84. The normalized spacial score (nSPS) is 24.0. The maximum absolute atomic E-state index is 11.1. The van der Waals surface area contributed by atoms with Crippen LogP contribution in [0, 0.1) is 0 Å². The molecule has 0 saturated carbocycles. The van der Waals surface area contributed by atoms with Crippen molar-refractivity contribution in [2.45, 2.75) is 17.0 Å². The van der Waals surface area contributed by atoms with Crippen molar-refractivity contribution in [2.75, 3.05) is 12.9 Å². The van der Waals surface area contributed by atoms with Crippen LogP contribution in [0.2, 0.25) is 0 Å². The number of nitrogens with one attached hydrogen (secondary N) is 1. The lowest BCUT2D eigenvalue weighted by Gasteiger charge is -2.14. The van der Waals surface area contributed by atoms with E-state index in [1.807, 2.05) is 30.5 Å². The molecule has 1 saturated heterocycles. The molecule has 1 fully saturated rings. The van der Waals surface area contributed by atoms with E-state index in [2.05, 4.69) is 5.32 Å². The monoisotopic (exact) mass is 239 g/mol. The zero-order chi connectivity index (χ0) is 11.5. The number of hydrogen-bond acceptors (Lipinski definition) is 4. The minimum absolute atomic E-state index is 0.124. The number of carbonyl (C=O) groups is 1. The quantitative estimate of drug-likeness (QED) is 0.786. The van der Waals surface area contributed by atoms with Gasteiger partial charge in [0.05, 0.1) is 12.6 Å². The molecule has 86 valence electrons. The summed E-state index contributed by atoms with van der Waals surface area (Å²) in [5.41, 5.74) is 0.898. The third-order valence-electron chi connectivity index (χ3n) is 2.54. The summed E-state index contributed by atoms with van der Waals surface area (Å²) in [5, 5.41) is 11.7. The Bertz CT molecular complexity index is 379. The van der Waals surface area contributed by atoms with Gasteiger partial charge in [0.25, 0.3) is 0 Å². The molecule has 0 radical (unpaired) electrons. The van der Waals surface area contributed by atoms with E-state index < -0.39 is 12.2 Å². The number of aliphatic hydroxyl groups excluding tert-OH is 1. The van der Waals surface area contributed by atoms with Crippen molar-refractivity contribution in [2.24, 2.45) is 0 Å². The minimum Gasteiger partial charge on any atom is -0.439 e. The average molecular weight is 239 g/mol. The van der Waals surface area contributed by atoms with Crippen LogP contribution in [0.1, 0.15) is 11.7 Å². The first-order valence-electron chi connectivity index (χ1n) is 4.96. The van der Waals surface area contributed by atoms with E-state index in [4.69, 9.17) is 9.84 Å².